The number of aldehydes is 1. The lowest BCUT2D eigenvalue weighted by Gasteiger charge is -2.25. The Morgan fingerprint density at radius 2 is 2.00 bits per heavy atom. The average Bonchev–Trinajstić information content (AvgIpc) is 2.55. The largest absolute Gasteiger partial charge is 0.416 e. The summed E-state index contributed by atoms with van der Waals surface area (Å²) in [5.41, 5.74) is -0.549. The van der Waals surface area contributed by atoms with Crippen molar-refractivity contribution in [2.24, 2.45) is 11.8 Å². The first-order chi connectivity index (χ1) is 11.7. The molecule has 1 atom stereocenters. The van der Waals surface area contributed by atoms with Gasteiger partial charge in [0, 0.05) is 11.9 Å². The molecule has 0 aliphatic heterocycles. The lowest BCUT2D eigenvalue weighted by Crippen LogP contribution is -2.46. The maximum absolute atomic E-state index is 12.8. The first kappa shape index (κ1) is 18.7. The second-order valence-electron chi connectivity index (χ2n) is 5.72. The summed E-state index contributed by atoms with van der Waals surface area (Å²) < 4.78 is 38.3. The minimum atomic E-state index is -4.43. The van der Waals surface area contributed by atoms with Crippen molar-refractivity contribution in [3.63, 3.8) is 0 Å². The lowest BCUT2D eigenvalue weighted by molar-refractivity contribution is -0.137. The quantitative estimate of drug-likeness (QED) is 0.471. The zero-order valence-electron chi connectivity index (χ0n) is 13.7. The maximum Gasteiger partial charge on any atom is 0.416 e. The highest BCUT2D eigenvalue weighted by molar-refractivity contribution is 5.64. The molecule has 1 heterocycles. The number of halogens is 3. The topological polar surface area (TPSA) is 84.1 Å². The highest BCUT2D eigenvalue weighted by Crippen LogP contribution is 2.31. The van der Waals surface area contributed by atoms with Gasteiger partial charge in [0.2, 0.25) is 5.95 Å². The van der Waals surface area contributed by atoms with E-state index in [9.17, 15) is 18.0 Å². The molecule has 0 aliphatic carbocycles. The fourth-order valence-corrected chi connectivity index (χ4v) is 2.14. The van der Waals surface area contributed by atoms with E-state index in [1.54, 1.807) is 0 Å². The van der Waals surface area contributed by atoms with Crippen LogP contribution < -0.4 is 16.2 Å². The number of carbonyl (C=O) groups excluding carboxylic acids is 1. The zero-order chi connectivity index (χ0) is 18.6. The van der Waals surface area contributed by atoms with Gasteiger partial charge in [0.25, 0.3) is 0 Å². The van der Waals surface area contributed by atoms with Crippen LogP contribution in [0.4, 0.5) is 30.6 Å². The number of hydrogen-bond acceptors (Lipinski definition) is 6. The summed E-state index contributed by atoms with van der Waals surface area (Å²) in [6.07, 6.45) is -2.34. The Morgan fingerprint density at radius 1 is 1.28 bits per heavy atom. The summed E-state index contributed by atoms with van der Waals surface area (Å²) in [4.78, 5) is 19.3. The van der Waals surface area contributed by atoms with Gasteiger partial charge in [0.15, 0.2) is 0 Å². The van der Waals surface area contributed by atoms with Gasteiger partial charge in [-0.25, -0.2) is 10.8 Å². The number of nitrogens with two attached hydrogens (primary N) is 1. The molecule has 0 fully saturated rings. The Kier molecular flexibility index (Phi) is 5.58. The lowest BCUT2D eigenvalue weighted by atomic mass is 10.1. The van der Waals surface area contributed by atoms with Crippen LogP contribution in [0.5, 0.6) is 0 Å². The Balaban J connectivity index is 2.24. The number of benzene rings is 1. The van der Waals surface area contributed by atoms with Crippen molar-refractivity contribution >= 4 is 23.7 Å². The summed E-state index contributed by atoms with van der Waals surface area (Å²) >= 11 is 0. The number of nitrogens with one attached hydrogen (secondary N) is 1. The normalized spacial score (nSPS) is 12.8. The smallest absolute Gasteiger partial charge is 0.340 e. The molecule has 0 saturated carbocycles. The van der Waals surface area contributed by atoms with Crippen LogP contribution in [0.3, 0.4) is 0 Å². The van der Waals surface area contributed by atoms with Crippen LogP contribution in [0.2, 0.25) is 0 Å². The molecule has 0 bridgehead atoms. The molecule has 9 heteroatoms. The number of carbonyl (C=O) groups is 1. The Labute approximate surface area is 142 Å². The van der Waals surface area contributed by atoms with Crippen LogP contribution in [0.25, 0.3) is 0 Å². The molecular formula is C16H18F3N5O. The van der Waals surface area contributed by atoms with Gasteiger partial charge >= 0.3 is 6.18 Å². The number of anilines is 3. The summed E-state index contributed by atoms with van der Waals surface area (Å²) in [7, 11) is 0. The number of hydrogen-bond donors (Lipinski definition) is 2. The molecule has 0 amide bonds. The predicted octanol–water partition coefficient (Wildman–Crippen LogP) is 3.14. The molecule has 0 spiro atoms. The van der Waals surface area contributed by atoms with Gasteiger partial charge in [0.1, 0.15) is 18.1 Å². The van der Waals surface area contributed by atoms with Crippen molar-refractivity contribution in [1.29, 1.82) is 0 Å². The van der Waals surface area contributed by atoms with Crippen molar-refractivity contribution in [3.8, 4) is 0 Å². The molecule has 25 heavy (non-hydrogen) atoms. The van der Waals surface area contributed by atoms with Crippen LogP contribution in [0, 0.1) is 5.92 Å². The SMILES string of the molecule is CC(C)[C@H](C=O)N(N)c1nccc(Nc2cccc(C(F)(F)F)c2)n1. The van der Waals surface area contributed by atoms with E-state index in [-0.39, 0.29) is 23.4 Å². The summed E-state index contributed by atoms with van der Waals surface area (Å²) in [6, 6.07) is 5.61. The number of alkyl halides is 3. The van der Waals surface area contributed by atoms with E-state index in [4.69, 9.17) is 5.84 Å². The van der Waals surface area contributed by atoms with Crippen LogP contribution >= 0.6 is 0 Å². The highest BCUT2D eigenvalue weighted by Gasteiger charge is 2.30. The van der Waals surface area contributed by atoms with Gasteiger partial charge < -0.3 is 10.1 Å². The van der Waals surface area contributed by atoms with Crippen molar-refractivity contribution in [3.05, 3.63) is 42.1 Å². The molecule has 3 N–H and O–H groups in total. The Bertz CT molecular complexity index is 736. The van der Waals surface area contributed by atoms with E-state index in [0.29, 0.717) is 6.29 Å². The molecule has 6 nitrogen and oxygen atoms in total. The van der Waals surface area contributed by atoms with Crippen LogP contribution in [0.15, 0.2) is 36.5 Å². The van der Waals surface area contributed by atoms with Gasteiger partial charge in [-0.05, 0) is 30.2 Å². The number of rotatable bonds is 6. The van der Waals surface area contributed by atoms with Crippen LogP contribution in [-0.4, -0.2) is 22.3 Å². The van der Waals surface area contributed by atoms with Crippen molar-refractivity contribution < 1.29 is 18.0 Å². The molecule has 134 valence electrons. The molecule has 1 aromatic heterocycles. The maximum atomic E-state index is 12.8. The minimum absolute atomic E-state index is 0.0637. The zero-order valence-corrected chi connectivity index (χ0v) is 13.7. The minimum Gasteiger partial charge on any atom is -0.340 e. The monoisotopic (exact) mass is 353 g/mol. The van der Waals surface area contributed by atoms with Crippen molar-refractivity contribution in [2.45, 2.75) is 26.1 Å². The fourth-order valence-electron chi connectivity index (χ4n) is 2.14. The van der Waals surface area contributed by atoms with Crippen LogP contribution in [-0.2, 0) is 11.0 Å². The van der Waals surface area contributed by atoms with Gasteiger partial charge in [-0.3, -0.25) is 5.01 Å². The number of nitrogens with zero attached hydrogens (tertiary/aromatic N) is 3. The van der Waals surface area contributed by atoms with Crippen LogP contribution in [0.1, 0.15) is 19.4 Å². The Morgan fingerprint density at radius 3 is 2.60 bits per heavy atom. The van der Waals surface area contributed by atoms with Crippen molar-refractivity contribution in [2.75, 3.05) is 10.3 Å². The fraction of sp³-hybridized carbons (Fsp3) is 0.312. The molecule has 2 aromatic rings. The molecular weight excluding hydrogens is 335 g/mol. The van der Waals surface area contributed by atoms with Gasteiger partial charge in [0.05, 0.1) is 5.56 Å². The standard InChI is InChI=1S/C16H18F3N5O/c1-10(2)13(9-25)24(20)15-21-7-6-14(23-15)22-12-5-3-4-11(8-12)16(17,18)19/h3-10,13H,20H2,1-2H3,(H,21,22,23)/t13-/m0/s1. The summed E-state index contributed by atoms with van der Waals surface area (Å²) in [6.45, 7) is 3.65. The second kappa shape index (κ2) is 7.47. The van der Waals surface area contributed by atoms with E-state index in [1.165, 1.54) is 24.4 Å². The Hall–Kier alpha value is -2.68. The van der Waals surface area contributed by atoms with E-state index in [2.05, 4.69) is 15.3 Å². The first-order valence-electron chi connectivity index (χ1n) is 7.49. The summed E-state index contributed by atoms with van der Waals surface area (Å²) in [5.74, 6) is 6.17. The molecule has 0 aliphatic rings. The van der Waals surface area contributed by atoms with Gasteiger partial charge in [-0.15, -0.1) is 0 Å². The third kappa shape index (κ3) is 4.66. The third-order valence-corrected chi connectivity index (χ3v) is 3.48. The molecule has 2 rings (SSSR count). The third-order valence-electron chi connectivity index (χ3n) is 3.48. The first-order valence-corrected chi connectivity index (χ1v) is 7.49. The highest BCUT2D eigenvalue weighted by atomic mass is 19.4. The van der Waals surface area contributed by atoms with E-state index >= 15 is 0 Å². The predicted molar refractivity (Wildman–Crippen MR) is 88.1 cm³/mol. The van der Waals surface area contributed by atoms with E-state index in [1.807, 2.05) is 13.8 Å². The van der Waals surface area contributed by atoms with E-state index in [0.717, 1.165) is 17.1 Å². The van der Waals surface area contributed by atoms with Crippen molar-refractivity contribution in [1.82, 2.24) is 9.97 Å². The molecule has 0 radical (unpaired) electrons. The molecule has 1 aromatic carbocycles. The summed E-state index contributed by atoms with van der Waals surface area (Å²) in [5, 5.41) is 3.91. The van der Waals surface area contributed by atoms with Gasteiger partial charge in [-0.1, -0.05) is 19.9 Å². The molecule has 0 saturated heterocycles. The number of aromatic nitrogens is 2. The second-order valence-corrected chi connectivity index (χ2v) is 5.72. The average molecular weight is 353 g/mol. The van der Waals surface area contributed by atoms with E-state index < -0.39 is 17.8 Å². The molecule has 0 unspecified atom stereocenters. The number of hydrazine groups is 1. The van der Waals surface area contributed by atoms with Gasteiger partial charge in [-0.2, -0.15) is 18.2 Å².